The van der Waals surface area contributed by atoms with Crippen molar-refractivity contribution in [3.63, 3.8) is 0 Å². The van der Waals surface area contributed by atoms with E-state index in [-0.39, 0.29) is 34.1 Å². The van der Waals surface area contributed by atoms with Gasteiger partial charge in [0.25, 0.3) is 11.1 Å². The number of para-hydroxylation sites is 1. The van der Waals surface area contributed by atoms with Crippen LogP contribution in [0.2, 0.25) is 0 Å². The molecule has 2 aliphatic heterocycles. The van der Waals surface area contributed by atoms with Crippen LogP contribution in [-0.2, 0) is 24.3 Å². The molecule has 0 fully saturated rings. The lowest BCUT2D eigenvalue weighted by atomic mass is 9.69. The topological polar surface area (TPSA) is 125 Å². The normalized spacial score (nSPS) is 18.2. The zero-order chi connectivity index (χ0) is 22.9. The average Bonchev–Trinajstić information content (AvgIpc) is 2.99. The predicted molar refractivity (Wildman–Crippen MR) is 121 cm³/mol. The molecule has 1 atom stereocenters. The Morgan fingerprint density at radius 3 is 2.50 bits per heavy atom. The summed E-state index contributed by atoms with van der Waals surface area (Å²) in [6.45, 7) is 3.90. The summed E-state index contributed by atoms with van der Waals surface area (Å²) in [6, 6.07) is 6.96. The Kier molecular flexibility index (Phi) is 4.05. The molecule has 1 unspecified atom stereocenters. The van der Waals surface area contributed by atoms with Crippen LogP contribution in [0.25, 0.3) is 0 Å². The van der Waals surface area contributed by atoms with Crippen LogP contribution in [0, 0.1) is 4.77 Å². The van der Waals surface area contributed by atoms with Gasteiger partial charge in [-0.1, -0.05) is 24.3 Å². The van der Waals surface area contributed by atoms with Crippen LogP contribution in [0.5, 0.6) is 0 Å². The van der Waals surface area contributed by atoms with Gasteiger partial charge in [-0.3, -0.25) is 28.5 Å². The number of benzene rings is 1. The molecule has 162 valence electrons. The molecule has 10 nitrogen and oxygen atoms in total. The Hall–Kier alpha value is -3.99. The van der Waals surface area contributed by atoms with Crippen molar-refractivity contribution in [2.45, 2.75) is 5.41 Å². The van der Waals surface area contributed by atoms with Gasteiger partial charge in [-0.25, -0.2) is 4.79 Å². The smallest absolute Gasteiger partial charge is 0.327 e. The molecule has 0 saturated carbocycles. The van der Waals surface area contributed by atoms with Crippen molar-refractivity contribution in [1.82, 2.24) is 19.1 Å². The summed E-state index contributed by atoms with van der Waals surface area (Å²) in [6.07, 6.45) is 1.57. The van der Waals surface area contributed by atoms with Crippen molar-refractivity contribution in [1.29, 1.82) is 0 Å². The van der Waals surface area contributed by atoms with Gasteiger partial charge in [0, 0.05) is 31.9 Å². The maximum Gasteiger partial charge on any atom is 0.332 e. The van der Waals surface area contributed by atoms with Gasteiger partial charge in [0.15, 0.2) is 4.77 Å². The average molecular weight is 450 g/mol. The molecule has 32 heavy (non-hydrogen) atoms. The van der Waals surface area contributed by atoms with Gasteiger partial charge < -0.3 is 15.2 Å². The van der Waals surface area contributed by atoms with E-state index in [9.17, 15) is 19.2 Å². The Morgan fingerprint density at radius 1 is 1.06 bits per heavy atom. The van der Waals surface area contributed by atoms with Gasteiger partial charge in [-0.2, -0.15) is 0 Å². The molecule has 2 aromatic heterocycles. The lowest BCUT2D eigenvalue weighted by Crippen LogP contribution is -2.54. The van der Waals surface area contributed by atoms with E-state index >= 15 is 0 Å². The van der Waals surface area contributed by atoms with E-state index in [2.05, 4.69) is 21.9 Å². The van der Waals surface area contributed by atoms with Gasteiger partial charge in [0.2, 0.25) is 5.91 Å². The van der Waals surface area contributed by atoms with Crippen LogP contribution in [0.3, 0.4) is 0 Å². The van der Waals surface area contributed by atoms with E-state index in [0.717, 1.165) is 4.57 Å². The summed E-state index contributed by atoms with van der Waals surface area (Å²) in [5.74, 6) is -0.224. The molecule has 3 aromatic rings. The molecule has 1 spiro atoms. The number of nitrogens with zero attached hydrogens (tertiary/aromatic N) is 3. The van der Waals surface area contributed by atoms with E-state index in [1.54, 1.807) is 30.3 Å². The second-order valence-corrected chi connectivity index (χ2v) is 8.09. The number of H-pyrrole nitrogens is 2. The summed E-state index contributed by atoms with van der Waals surface area (Å²) in [4.78, 5) is 60.5. The van der Waals surface area contributed by atoms with Crippen LogP contribution >= 0.6 is 12.2 Å². The Morgan fingerprint density at radius 2 is 1.78 bits per heavy atom. The highest BCUT2D eigenvalue weighted by atomic mass is 32.1. The van der Waals surface area contributed by atoms with Crippen molar-refractivity contribution in [3.8, 4) is 0 Å². The zero-order valence-electron chi connectivity index (χ0n) is 17.2. The molecule has 0 saturated heterocycles. The number of anilines is 3. The number of aromatic amines is 2. The number of carbonyl (C=O) groups is 1. The van der Waals surface area contributed by atoms with Gasteiger partial charge in [0.1, 0.15) is 17.1 Å². The predicted octanol–water partition coefficient (Wildman–Crippen LogP) is 0.754. The number of amides is 1. The van der Waals surface area contributed by atoms with E-state index in [1.165, 1.54) is 23.6 Å². The third kappa shape index (κ3) is 2.20. The Balaban J connectivity index is 2.08. The summed E-state index contributed by atoms with van der Waals surface area (Å²) < 4.78 is 2.21. The fourth-order valence-corrected chi connectivity index (χ4v) is 4.95. The van der Waals surface area contributed by atoms with Crippen molar-refractivity contribution in [2.24, 2.45) is 14.1 Å². The Bertz CT molecular complexity index is 1590. The second kappa shape index (κ2) is 6.50. The Labute approximate surface area is 185 Å². The summed E-state index contributed by atoms with van der Waals surface area (Å²) in [5, 5.41) is 2.97. The molecule has 5 rings (SSSR count). The fraction of sp³-hybridized carbons (Fsp3) is 0.190. The maximum atomic E-state index is 14.2. The van der Waals surface area contributed by atoms with Crippen molar-refractivity contribution >= 4 is 35.4 Å². The lowest BCUT2D eigenvalue weighted by Gasteiger charge is -2.36. The molecule has 2 aliphatic rings. The first-order valence-corrected chi connectivity index (χ1v) is 10.1. The zero-order valence-corrected chi connectivity index (χ0v) is 18.0. The van der Waals surface area contributed by atoms with Crippen molar-refractivity contribution < 1.29 is 4.79 Å². The van der Waals surface area contributed by atoms with Crippen LogP contribution in [0.4, 0.5) is 17.3 Å². The fourth-order valence-electron chi connectivity index (χ4n) is 4.76. The van der Waals surface area contributed by atoms with Gasteiger partial charge in [-0.15, -0.1) is 6.58 Å². The number of hydrogen-bond donors (Lipinski definition) is 3. The maximum absolute atomic E-state index is 14.2. The third-order valence-corrected chi connectivity index (χ3v) is 6.28. The first-order valence-electron chi connectivity index (χ1n) is 9.72. The van der Waals surface area contributed by atoms with E-state index in [1.807, 2.05) is 0 Å². The highest BCUT2D eigenvalue weighted by molar-refractivity contribution is 7.71. The summed E-state index contributed by atoms with van der Waals surface area (Å²) >= 11 is 5.13. The van der Waals surface area contributed by atoms with Gasteiger partial charge in [0.05, 0.1) is 11.1 Å². The van der Waals surface area contributed by atoms with Crippen LogP contribution in [0.1, 0.15) is 16.7 Å². The van der Waals surface area contributed by atoms with Crippen molar-refractivity contribution in [3.05, 3.63) is 89.6 Å². The van der Waals surface area contributed by atoms with Gasteiger partial charge >= 0.3 is 5.69 Å². The highest BCUT2D eigenvalue weighted by Gasteiger charge is 2.60. The number of rotatable bonds is 2. The van der Waals surface area contributed by atoms with Crippen LogP contribution in [-0.4, -0.2) is 31.6 Å². The molecular weight excluding hydrogens is 432 g/mol. The first kappa shape index (κ1) is 19.9. The number of hydrogen-bond acceptors (Lipinski definition) is 6. The minimum atomic E-state index is -1.79. The standard InChI is InChI=1S/C21H18N6O4S/c1-4-9-27-11-8-6-5-7-10(11)21(18(27)30)12-14(23-19(32)24-16(12)28)22-15-13(21)17(29)26(3)20(31)25(15)2/h4-8H,1,9H2,2-3H3,(H3,22,23,24,28,32). The minimum Gasteiger partial charge on any atom is -0.327 e. The molecule has 0 radical (unpaired) electrons. The summed E-state index contributed by atoms with van der Waals surface area (Å²) in [7, 11) is 2.82. The summed E-state index contributed by atoms with van der Waals surface area (Å²) in [5.41, 5.74) is -2.63. The largest absolute Gasteiger partial charge is 0.332 e. The number of carbonyl (C=O) groups excluding carboxylic acids is 1. The second-order valence-electron chi connectivity index (χ2n) is 7.68. The van der Waals surface area contributed by atoms with E-state index in [0.29, 0.717) is 11.3 Å². The number of aromatic nitrogens is 4. The SMILES string of the molecule is C=CCN1C(=O)C2(c3ccccc31)c1c([nH]c(=S)[nH]c1=O)Nc1c2c(=O)n(C)c(=O)n1C. The first-order chi connectivity index (χ1) is 15.2. The quantitative estimate of drug-likeness (QED) is 0.391. The van der Waals surface area contributed by atoms with Gasteiger partial charge in [-0.05, 0) is 18.3 Å². The monoisotopic (exact) mass is 450 g/mol. The number of nitrogens with one attached hydrogen (secondary N) is 3. The molecule has 1 aromatic carbocycles. The molecular formula is C21H18N6O4S. The molecule has 4 heterocycles. The number of fused-ring (bicyclic) bond motifs is 6. The molecule has 0 aliphatic carbocycles. The molecule has 3 N–H and O–H groups in total. The van der Waals surface area contributed by atoms with Crippen LogP contribution < -0.4 is 27.0 Å². The third-order valence-electron chi connectivity index (χ3n) is 6.08. The van der Waals surface area contributed by atoms with Crippen LogP contribution in [0.15, 0.2) is 51.3 Å². The highest BCUT2D eigenvalue weighted by Crippen LogP contribution is 2.53. The molecule has 0 bridgehead atoms. The molecule has 11 heteroatoms. The van der Waals surface area contributed by atoms with Crippen molar-refractivity contribution in [2.75, 3.05) is 16.8 Å². The lowest BCUT2D eigenvalue weighted by molar-refractivity contribution is -0.120. The molecule has 1 amide bonds. The minimum absolute atomic E-state index is 0.00497. The van der Waals surface area contributed by atoms with E-state index in [4.69, 9.17) is 12.2 Å². The van der Waals surface area contributed by atoms with E-state index < -0.39 is 28.1 Å².